The normalized spacial score (nSPS) is 11.5. The van der Waals surface area contributed by atoms with Crippen molar-refractivity contribution < 1.29 is 13.9 Å². The minimum atomic E-state index is -0.114. The van der Waals surface area contributed by atoms with Gasteiger partial charge in [0.15, 0.2) is 0 Å². The van der Waals surface area contributed by atoms with Crippen molar-refractivity contribution in [2.45, 2.75) is 13.8 Å². The van der Waals surface area contributed by atoms with Gasteiger partial charge in [0.1, 0.15) is 17.1 Å². The molecule has 31 heavy (non-hydrogen) atoms. The molecule has 5 nitrogen and oxygen atoms in total. The highest BCUT2D eigenvalue weighted by Crippen LogP contribution is 2.26. The zero-order chi connectivity index (χ0) is 21.8. The second-order valence-corrected chi connectivity index (χ2v) is 7.37. The maximum absolute atomic E-state index is 11.2. The second kappa shape index (κ2) is 9.06. The SMILES string of the molecule is CCOc1ccc2oc(-c3ccc(Cl)cc3)cc(=Nc3ccc(NC(C)=O)cc3)c2c1. The average molecular weight is 433 g/mol. The first-order valence-corrected chi connectivity index (χ1v) is 10.3. The van der Waals surface area contributed by atoms with Crippen LogP contribution in [0.4, 0.5) is 11.4 Å². The summed E-state index contributed by atoms with van der Waals surface area (Å²) in [4.78, 5) is 16.1. The summed E-state index contributed by atoms with van der Waals surface area (Å²) in [6, 6.07) is 22.4. The number of amides is 1. The lowest BCUT2D eigenvalue weighted by atomic mass is 10.1. The Bertz CT molecular complexity index is 1290. The van der Waals surface area contributed by atoms with E-state index < -0.39 is 0 Å². The minimum absolute atomic E-state index is 0.114. The predicted molar refractivity (Wildman–Crippen MR) is 124 cm³/mol. The Morgan fingerprint density at radius 2 is 1.77 bits per heavy atom. The lowest BCUT2D eigenvalue weighted by Crippen LogP contribution is -2.05. The molecule has 1 aromatic heterocycles. The highest BCUT2D eigenvalue weighted by molar-refractivity contribution is 6.30. The number of ether oxygens (including phenoxy) is 1. The molecule has 4 aromatic rings. The van der Waals surface area contributed by atoms with Crippen LogP contribution >= 0.6 is 11.6 Å². The summed E-state index contributed by atoms with van der Waals surface area (Å²) in [5.74, 6) is 1.32. The standard InChI is InChI=1S/C25H21ClN2O3/c1-3-30-21-12-13-24-22(14-21)23(15-25(31-24)17-4-6-18(26)7-5-17)28-20-10-8-19(9-11-20)27-16(2)29/h4-15H,3H2,1-2H3,(H,27,29). The summed E-state index contributed by atoms with van der Waals surface area (Å²) < 4.78 is 11.8. The molecule has 0 aliphatic carbocycles. The van der Waals surface area contributed by atoms with E-state index in [0.29, 0.717) is 23.0 Å². The van der Waals surface area contributed by atoms with Gasteiger partial charge in [-0.3, -0.25) is 4.79 Å². The maximum atomic E-state index is 11.2. The van der Waals surface area contributed by atoms with Crippen molar-refractivity contribution in [1.29, 1.82) is 0 Å². The molecule has 0 spiro atoms. The van der Waals surface area contributed by atoms with Gasteiger partial charge in [-0.25, -0.2) is 4.99 Å². The molecule has 1 N–H and O–H groups in total. The van der Waals surface area contributed by atoms with Gasteiger partial charge in [0.05, 0.1) is 17.7 Å². The van der Waals surface area contributed by atoms with Crippen molar-refractivity contribution in [3.8, 4) is 17.1 Å². The van der Waals surface area contributed by atoms with Crippen LogP contribution in [-0.4, -0.2) is 12.5 Å². The highest BCUT2D eigenvalue weighted by atomic mass is 35.5. The number of benzene rings is 3. The van der Waals surface area contributed by atoms with Crippen molar-refractivity contribution >= 4 is 39.9 Å². The third-order valence-electron chi connectivity index (χ3n) is 4.59. The summed E-state index contributed by atoms with van der Waals surface area (Å²) in [5, 5.41) is 5.01. The molecule has 3 aromatic carbocycles. The molecule has 0 radical (unpaired) electrons. The first kappa shape index (κ1) is 20.7. The van der Waals surface area contributed by atoms with Gasteiger partial charge in [-0.15, -0.1) is 0 Å². The van der Waals surface area contributed by atoms with Crippen LogP contribution in [0.15, 0.2) is 82.2 Å². The van der Waals surface area contributed by atoms with Gasteiger partial charge in [0.25, 0.3) is 0 Å². The van der Waals surface area contributed by atoms with Gasteiger partial charge in [-0.2, -0.15) is 0 Å². The van der Waals surface area contributed by atoms with E-state index in [1.54, 1.807) is 0 Å². The molecule has 0 fully saturated rings. The lowest BCUT2D eigenvalue weighted by Gasteiger charge is -2.08. The van der Waals surface area contributed by atoms with Gasteiger partial charge in [0, 0.05) is 34.6 Å². The van der Waals surface area contributed by atoms with Crippen LogP contribution in [0.25, 0.3) is 22.3 Å². The zero-order valence-corrected chi connectivity index (χ0v) is 17.9. The average Bonchev–Trinajstić information content (AvgIpc) is 2.75. The van der Waals surface area contributed by atoms with E-state index in [2.05, 4.69) is 5.32 Å². The Hall–Kier alpha value is -3.57. The van der Waals surface area contributed by atoms with E-state index in [1.165, 1.54) is 6.92 Å². The molecule has 0 aliphatic heterocycles. The third kappa shape index (κ3) is 4.95. The van der Waals surface area contributed by atoms with Crippen molar-refractivity contribution in [3.63, 3.8) is 0 Å². The number of halogens is 1. The largest absolute Gasteiger partial charge is 0.494 e. The summed E-state index contributed by atoms with van der Waals surface area (Å²) in [6.45, 7) is 3.99. The Kier molecular flexibility index (Phi) is 6.05. The Balaban J connectivity index is 1.87. The molecule has 6 heteroatoms. The third-order valence-corrected chi connectivity index (χ3v) is 4.84. The fourth-order valence-electron chi connectivity index (χ4n) is 3.22. The van der Waals surface area contributed by atoms with Gasteiger partial charge in [-0.05, 0) is 73.7 Å². The van der Waals surface area contributed by atoms with Crippen molar-refractivity contribution in [2.24, 2.45) is 4.99 Å². The summed E-state index contributed by atoms with van der Waals surface area (Å²) >= 11 is 6.03. The number of fused-ring (bicyclic) bond motifs is 1. The van der Waals surface area contributed by atoms with Crippen LogP contribution in [0, 0.1) is 0 Å². The van der Waals surface area contributed by atoms with Crippen molar-refractivity contribution in [2.75, 3.05) is 11.9 Å². The van der Waals surface area contributed by atoms with E-state index in [9.17, 15) is 4.79 Å². The molecular formula is C25H21ClN2O3. The van der Waals surface area contributed by atoms with Crippen LogP contribution in [0.3, 0.4) is 0 Å². The summed E-state index contributed by atoms with van der Waals surface area (Å²) in [5.41, 5.74) is 3.08. The smallest absolute Gasteiger partial charge is 0.221 e. The molecule has 156 valence electrons. The number of nitrogens with one attached hydrogen (secondary N) is 1. The Labute approximate surface area is 185 Å². The molecule has 1 amide bonds. The van der Waals surface area contributed by atoms with E-state index in [1.807, 2.05) is 79.7 Å². The molecule has 0 unspecified atom stereocenters. The highest BCUT2D eigenvalue weighted by Gasteiger charge is 2.08. The van der Waals surface area contributed by atoms with E-state index in [-0.39, 0.29) is 5.91 Å². The van der Waals surface area contributed by atoms with E-state index >= 15 is 0 Å². The first-order valence-electron chi connectivity index (χ1n) is 9.91. The number of hydrogen-bond acceptors (Lipinski definition) is 4. The van der Waals surface area contributed by atoms with Crippen molar-refractivity contribution in [1.82, 2.24) is 0 Å². The Morgan fingerprint density at radius 3 is 2.45 bits per heavy atom. The van der Waals surface area contributed by atoms with Crippen LogP contribution in [0.2, 0.25) is 5.02 Å². The van der Waals surface area contributed by atoms with Gasteiger partial charge in [-0.1, -0.05) is 11.6 Å². The maximum Gasteiger partial charge on any atom is 0.221 e. The van der Waals surface area contributed by atoms with Crippen LogP contribution in [-0.2, 0) is 4.79 Å². The van der Waals surface area contributed by atoms with Gasteiger partial charge >= 0.3 is 0 Å². The summed E-state index contributed by atoms with van der Waals surface area (Å²) in [7, 11) is 0. The molecule has 1 heterocycles. The number of anilines is 1. The molecule has 4 rings (SSSR count). The first-order chi connectivity index (χ1) is 15.0. The number of carbonyl (C=O) groups is 1. The number of nitrogens with zero attached hydrogens (tertiary/aromatic N) is 1. The van der Waals surface area contributed by atoms with Crippen LogP contribution < -0.4 is 15.4 Å². The van der Waals surface area contributed by atoms with Gasteiger partial charge < -0.3 is 14.5 Å². The number of carbonyl (C=O) groups excluding carboxylic acids is 1. The molecule has 0 bridgehead atoms. The topological polar surface area (TPSA) is 63.8 Å². The number of hydrogen-bond donors (Lipinski definition) is 1. The van der Waals surface area contributed by atoms with E-state index in [0.717, 1.165) is 33.4 Å². The predicted octanol–water partition coefficient (Wildman–Crippen LogP) is 6.34. The minimum Gasteiger partial charge on any atom is -0.494 e. The van der Waals surface area contributed by atoms with Crippen LogP contribution in [0.5, 0.6) is 5.75 Å². The monoisotopic (exact) mass is 432 g/mol. The molecule has 0 saturated heterocycles. The van der Waals surface area contributed by atoms with Crippen molar-refractivity contribution in [3.05, 3.63) is 83.2 Å². The zero-order valence-electron chi connectivity index (χ0n) is 17.2. The Morgan fingerprint density at radius 1 is 1.03 bits per heavy atom. The fourth-order valence-corrected chi connectivity index (χ4v) is 3.34. The second-order valence-electron chi connectivity index (χ2n) is 6.93. The quantitative estimate of drug-likeness (QED) is 0.400. The van der Waals surface area contributed by atoms with E-state index in [4.69, 9.17) is 25.7 Å². The number of rotatable bonds is 5. The van der Waals surface area contributed by atoms with Crippen LogP contribution in [0.1, 0.15) is 13.8 Å². The fraction of sp³-hybridized carbons (Fsp3) is 0.120. The molecule has 0 saturated carbocycles. The molecule has 0 atom stereocenters. The molecule has 0 aliphatic rings. The molecular weight excluding hydrogens is 412 g/mol. The summed E-state index contributed by atoms with van der Waals surface area (Å²) in [6.07, 6.45) is 0. The van der Waals surface area contributed by atoms with Gasteiger partial charge in [0.2, 0.25) is 5.91 Å². The lowest BCUT2D eigenvalue weighted by molar-refractivity contribution is -0.114.